The van der Waals surface area contributed by atoms with Crippen molar-refractivity contribution in [2.75, 3.05) is 13.2 Å². The Balaban J connectivity index is 1.91. The number of ether oxygens (including phenoxy) is 3. The number of hydrogen-bond acceptors (Lipinski definition) is 8. The Hall–Kier alpha value is -3.23. The van der Waals surface area contributed by atoms with E-state index in [0.29, 0.717) is 6.42 Å². The quantitative estimate of drug-likeness (QED) is 0.190. The zero-order chi connectivity index (χ0) is 21.4. The third-order valence-corrected chi connectivity index (χ3v) is 4.08. The Kier molecular flexibility index (Phi) is 7.88. The number of carbonyl (C=O) groups is 5. The van der Waals surface area contributed by atoms with Crippen molar-refractivity contribution in [3.63, 3.8) is 0 Å². The monoisotopic (exact) mass is 405 g/mol. The Morgan fingerprint density at radius 3 is 2.17 bits per heavy atom. The van der Waals surface area contributed by atoms with E-state index in [9.17, 15) is 24.0 Å². The number of benzene rings is 1. The standard InChI is InChI=1S/C20H23NO8/c1-3-4-11-27-16(23)12-17(24)29-18(28-13(2)22)9-10-21-19(25)14-7-5-6-8-15(14)20(21)26/h5-8,18H,3-4,9-12H2,1-2H3. The highest BCUT2D eigenvalue weighted by molar-refractivity contribution is 6.21. The summed E-state index contributed by atoms with van der Waals surface area (Å²) < 4.78 is 14.8. The fourth-order valence-electron chi connectivity index (χ4n) is 2.69. The van der Waals surface area contributed by atoms with Crippen LogP contribution in [0, 0.1) is 0 Å². The van der Waals surface area contributed by atoms with Gasteiger partial charge in [-0.15, -0.1) is 0 Å². The number of rotatable bonds is 10. The summed E-state index contributed by atoms with van der Waals surface area (Å²) in [6.07, 6.45) is -0.579. The molecule has 9 heteroatoms. The number of fused-ring (bicyclic) bond motifs is 1. The van der Waals surface area contributed by atoms with Gasteiger partial charge < -0.3 is 14.2 Å². The van der Waals surface area contributed by atoms with Crippen LogP contribution in [0.25, 0.3) is 0 Å². The van der Waals surface area contributed by atoms with Gasteiger partial charge in [0.25, 0.3) is 11.8 Å². The Morgan fingerprint density at radius 2 is 1.62 bits per heavy atom. The molecular formula is C20H23NO8. The molecule has 1 aliphatic heterocycles. The minimum absolute atomic E-state index is 0.123. The highest BCUT2D eigenvalue weighted by Gasteiger charge is 2.35. The van der Waals surface area contributed by atoms with Crippen LogP contribution >= 0.6 is 0 Å². The fourth-order valence-corrected chi connectivity index (χ4v) is 2.69. The third kappa shape index (κ3) is 6.13. The molecule has 0 saturated carbocycles. The van der Waals surface area contributed by atoms with Crippen LogP contribution in [0.5, 0.6) is 0 Å². The third-order valence-electron chi connectivity index (χ3n) is 4.08. The molecule has 0 fully saturated rings. The smallest absolute Gasteiger partial charge is 0.320 e. The second kappa shape index (κ2) is 10.4. The first-order valence-corrected chi connectivity index (χ1v) is 9.31. The Labute approximate surface area is 167 Å². The van der Waals surface area contributed by atoms with Crippen molar-refractivity contribution in [2.24, 2.45) is 0 Å². The number of esters is 3. The number of amides is 2. The van der Waals surface area contributed by atoms with Crippen LogP contribution < -0.4 is 0 Å². The number of hydrogen-bond donors (Lipinski definition) is 0. The number of unbranched alkanes of at least 4 members (excludes halogenated alkanes) is 1. The molecule has 1 aromatic rings. The summed E-state index contributed by atoms with van der Waals surface area (Å²) in [5.41, 5.74) is 0.571. The molecule has 1 aliphatic rings. The van der Waals surface area contributed by atoms with E-state index in [1.165, 1.54) is 0 Å². The van der Waals surface area contributed by atoms with Crippen LogP contribution in [0.15, 0.2) is 24.3 Å². The van der Waals surface area contributed by atoms with E-state index < -0.39 is 42.4 Å². The van der Waals surface area contributed by atoms with Gasteiger partial charge in [-0.2, -0.15) is 0 Å². The van der Waals surface area contributed by atoms with Crippen molar-refractivity contribution in [1.29, 1.82) is 0 Å². The van der Waals surface area contributed by atoms with Crippen molar-refractivity contribution in [1.82, 2.24) is 4.90 Å². The maximum atomic E-state index is 12.4. The average molecular weight is 405 g/mol. The molecule has 1 aromatic carbocycles. The zero-order valence-corrected chi connectivity index (χ0v) is 16.3. The van der Waals surface area contributed by atoms with Crippen LogP contribution in [-0.2, 0) is 28.6 Å². The van der Waals surface area contributed by atoms with Crippen LogP contribution in [0.2, 0.25) is 0 Å². The summed E-state index contributed by atoms with van der Waals surface area (Å²) >= 11 is 0. The molecule has 9 nitrogen and oxygen atoms in total. The molecule has 0 bridgehead atoms. The minimum atomic E-state index is -1.34. The minimum Gasteiger partial charge on any atom is -0.465 e. The van der Waals surface area contributed by atoms with E-state index in [1.807, 2.05) is 6.92 Å². The van der Waals surface area contributed by atoms with E-state index in [4.69, 9.17) is 14.2 Å². The van der Waals surface area contributed by atoms with Gasteiger partial charge in [-0.3, -0.25) is 28.9 Å². The predicted molar refractivity (Wildman–Crippen MR) is 98.6 cm³/mol. The highest BCUT2D eigenvalue weighted by atomic mass is 16.7. The molecule has 0 N–H and O–H groups in total. The zero-order valence-electron chi connectivity index (χ0n) is 16.3. The molecule has 1 atom stereocenters. The maximum Gasteiger partial charge on any atom is 0.320 e. The lowest BCUT2D eigenvalue weighted by atomic mass is 10.1. The highest BCUT2D eigenvalue weighted by Crippen LogP contribution is 2.23. The molecule has 2 amide bonds. The van der Waals surface area contributed by atoms with Gasteiger partial charge in [0.1, 0.15) is 6.42 Å². The summed E-state index contributed by atoms with van der Waals surface area (Å²) in [6.45, 7) is 3.14. The lowest BCUT2D eigenvalue weighted by molar-refractivity contribution is -0.188. The molecule has 0 spiro atoms. The molecule has 29 heavy (non-hydrogen) atoms. The van der Waals surface area contributed by atoms with Crippen LogP contribution in [0.3, 0.4) is 0 Å². The predicted octanol–water partition coefficient (Wildman–Crippen LogP) is 1.84. The summed E-state index contributed by atoms with van der Waals surface area (Å²) in [5.74, 6) is -3.34. The number of carbonyl (C=O) groups excluding carboxylic acids is 5. The molecule has 1 heterocycles. The van der Waals surface area contributed by atoms with Crippen LogP contribution in [0.1, 0.15) is 60.2 Å². The SMILES string of the molecule is CCCCOC(=O)CC(=O)OC(CCN1C(=O)c2ccccc2C1=O)OC(C)=O. The average Bonchev–Trinajstić information content (AvgIpc) is 2.90. The molecule has 0 aliphatic carbocycles. The van der Waals surface area contributed by atoms with Crippen LogP contribution in [-0.4, -0.2) is 54.1 Å². The topological polar surface area (TPSA) is 116 Å². The lowest BCUT2D eigenvalue weighted by Gasteiger charge is -2.20. The first-order chi connectivity index (χ1) is 13.8. The van der Waals surface area contributed by atoms with Gasteiger partial charge in [0.2, 0.25) is 6.29 Å². The summed E-state index contributed by atoms with van der Waals surface area (Å²) in [4.78, 5) is 60.5. The van der Waals surface area contributed by atoms with E-state index in [1.54, 1.807) is 24.3 Å². The van der Waals surface area contributed by atoms with Gasteiger partial charge in [0.05, 0.1) is 17.7 Å². The molecule has 0 radical (unpaired) electrons. The Bertz CT molecular complexity index is 768. The lowest BCUT2D eigenvalue weighted by Crippen LogP contribution is -2.35. The van der Waals surface area contributed by atoms with Crippen molar-refractivity contribution in [3.8, 4) is 0 Å². The number of imide groups is 1. The largest absolute Gasteiger partial charge is 0.465 e. The van der Waals surface area contributed by atoms with Gasteiger partial charge in [-0.1, -0.05) is 25.5 Å². The second-order valence-electron chi connectivity index (χ2n) is 6.38. The number of nitrogens with zero attached hydrogens (tertiary/aromatic N) is 1. The second-order valence-corrected chi connectivity index (χ2v) is 6.38. The van der Waals surface area contributed by atoms with E-state index in [2.05, 4.69) is 0 Å². The van der Waals surface area contributed by atoms with Gasteiger partial charge in [0.15, 0.2) is 0 Å². The van der Waals surface area contributed by atoms with Crippen molar-refractivity contribution in [3.05, 3.63) is 35.4 Å². The Morgan fingerprint density at radius 1 is 1.00 bits per heavy atom. The summed E-state index contributed by atoms with van der Waals surface area (Å²) in [5, 5.41) is 0. The van der Waals surface area contributed by atoms with E-state index in [0.717, 1.165) is 18.2 Å². The molecule has 2 rings (SSSR count). The first kappa shape index (κ1) is 22.1. The fraction of sp³-hybridized carbons (Fsp3) is 0.450. The molecular weight excluding hydrogens is 382 g/mol. The first-order valence-electron chi connectivity index (χ1n) is 9.31. The summed E-state index contributed by atoms with van der Waals surface area (Å²) in [6, 6.07) is 6.39. The van der Waals surface area contributed by atoms with E-state index in [-0.39, 0.29) is 30.7 Å². The van der Waals surface area contributed by atoms with Crippen molar-refractivity contribution >= 4 is 29.7 Å². The molecule has 156 valence electrons. The maximum absolute atomic E-state index is 12.4. The molecule has 0 saturated heterocycles. The summed E-state index contributed by atoms with van der Waals surface area (Å²) in [7, 11) is 0. The van der Waals surface area contributed by atoms with Crippen molar-refractivity contribution in [2.45, 2.75) is 45.8 Å². The van der Waals surface area contributed by atoms with Crippen LogP contribution in [0.4, 0.5) is 0 Å². The van der Waals surface area contributed by atoms with Gasteiger partial charge >= 0.3 is 17.9 Å². The molecule has 1 unspecified atom stereocenters. The molecule has 0 aromatic heterocycles. The van der Waals surface area contributed by atoms with Gasteiger partial charge in [0, 0.05) is 19.9 Å². The van der Waals surface area contributed by atoms with Crippen molar-refractivity contribution < 1.29 is 38.2 Å². The van der Waals surface area contributed by atoms with Gasteiger partial charge in [-0.25, -0.2) is 0 Å². The normalized spacial score (nSPS) is 13.7. The van der Waals surface area contributed by atoms with Gasteiger partial charge in [-0.05, 0) is 18.6 Å². The van der Waals surface area contributed by atoms with E-state index >= 15 is 0 Å².